The van der Waals surface area contributed by atoms with Crippen LogP contribution in [0.3, 0.4) is 0 Å². The van der Waals surface area contributed by atoms with Crippen LogP contribution in [0.5, 0.6) is 11.5 Å². The van der Waals surface area contributed by atoms with Crippen molar-refractivity contribution in [3.8, 4) is 11.5 Å². The Morgan fingerprint density at radius 3 is 1.90 bits per heavy atom. The monoisotopic (exact) mass is 480 g/mol. The predicted octanol–water partition coefficient (Wildman–Crippen LogP) is 4.86. The van der Waals surface area contributed by atoms with Gasteiger partial charge in [-0.2, -0.15) is 0 Å². The maximum absolute atomic E-state index is 10.2. The molecule has 0 atom stereocenters. The lowest BCUT2D eigenvalue weighted by molar-refractivity contribution is 0.111. The van der Waals surface area contributed by atoms with Gasteiger partial charge in [-0.05, 0) is 30.3 Å². The van der Waals surface area contributed by atoms with Crippen LogP contribution in [-0.2, 0) is 0 Å². The van der Waals surface area contributed by atoms with E-state index in [-0.39, 0.29) is 11.5 Å². The van der Waals surface area contributed by atoms with E-state index in [0.29, 0.717) is 28.2 Å². The molecule has 112 valence electrons. The van der Waals surface area contributed by atoms with Gasteiger partial charge in [-0.1, -0.05) is 28.1 Å². The van der Waals surface area contributed by atoms with Gasteiger partial charge in [0, 0.05) is 43.9 Å². The molecule has 21 heavy (non-hydrogen) atoms. The van der Waals surface area contributed by atoms with Gasteiger partial charge in [0.1, 0.15) is 17.8 Å². The smallest absolute Gasteiger partial charge is 0.151 e. The van der Waals surface area contributed by atoms with Crippen molar-refractivity contribution in [1.29, 1.82) is 0 Å². The number of benzene rings is 2. The van der Waals surface area contributed by atoms with Crippen molar-refractivity contribution in [3.05, 3.63) is 58.1 Å². The normalized spacial score (nSPS) is 8.52. The molecule has 7 heteroatoms. The van der Waals surface area contributed by atoms with E-state index >= 15 is 0 Å². The summed E-state index contributed by atoms with van der Waals surface area (Å²) in [5, 5.41) is 17.7. The zero-order valence-electron chi connectivity index (χ0n) is 10.5. The highest BCUT2D eigenvalue weighted by atomic mass is 80.9. The molecule has 0 heterocycles. The van der Waals surface area contributed by atoms with E-state index in [1.165, 1.54) is 24.3 Å². The minimum Gasteiger partial charge on any atom is -0.508 e. The van der Waals surface area contributed by atoms with Crippen LogP contribution in [0.15, 0.2) is 46.9 Å². The third-order valence-corrected chi connectivity index (χ3v) is 2.84. The zero-order chi connectivity index (χ0) is 16.3. The Morgan fingerprint density at radius 1 is 0.857 bits per heavy atom. The Morgan fingerprint density at radius 2 is 1.48 bits per heavy atom. The zero-order valence-corrected chi connectivity index (χ0v) is 15.3. The molecule has 2 rings (SSSR count). The Labute approximate surface area is 145 Å². The predicted molar refractivity (Wildman–Crippen MR) is 92.5 cm³/mol. The highest BCUT2D eigenvalue weighted by molar-refractivity contribution is 9.93. The van der Waals surface area contributed by atoms with Crippen molar-refractivity contribution in [2.75, 3.05) is 0 Å². The lowest BCUT2D eigenvalue weighted by atomic mass is 10.2. The van der Waals surface area contributed by atoms with Crippen LogP contribution in [0.25, 0.3) is 0 Å². The molecular weight excluding hydrogens is 472 g/mol. The van der Waals surface area contributed by atoms with E-state index in [9.17, 15) is 9.59 Å². The maximum Gasteiger partial charge on any atom is 0.151 e. The van der Waals surface area contributed by atoms with Crippen LogP contribution in [0.1, 0.15) is 20.7 Å². The molecule has 0 bridgehead atoms. The molecule has 0 spiro atoms. The molecule has 0 aliphatic heterocycles. The number of carbonyl (C=O) groups excluding carboxylic acids is 2. The Hall–Kier alpha value is -1.18. The second kappa shape index (κ2) is 11.5. The molecule has 2 aromatic carbocycles. The molecule has 2 N–H and O–H groups in total. The van der Waals surface area contributed by atoms with Gasteiger partial charge in [0.2, 0.25) is 0 Å². The molecule has 0 fully saturated rings. The van der Waals surface area contributed by atoms with Crippen molar-refractivity contribution < 1.29 is 19.8 Å². The molecule has 2 aromatic rings. The van der Waals surface area contributed by atoms with Crippen LogP contribution in [0, 0.1) is 0 Å². The van der Waals surface area contributed by atoms with Crippen molar-refractivity contribution >= 4 is 56.8 Å². The number of hydrogen-bond acceptors (Lipinski definition) is 4. The largest absolute Gasteiger partial charge is 0.508 e. The van der Waals surface area contributed by atoms with E-state index in [1.807, 2.05) is 0 Å². The highest BCUT2D eigenvalue weighted by Crippen LogP contribution is 2.19. The van der Waals surface area contributed by atoms with Gasteiger partial charge in [0.25, 0.3) is 0 Å². The lowest BCUT2D eigenvalue weighted by Crippen LogP contribution is -1.79. The summed E-state index contributed by atoms with van der Waals surface area (Å²) in [5.41, 5.74) is 0.954. The minimum absolute atomic E-state index is 0.102. The van der Waals surface area contributed by atoms with E-state index in [2.05, 4.69) is 44.2 Å². The Kier molecular flexibility index (Phi) is 10.8. The van der Waals surface area contributed by atoms with Crippen LogP contribution in [-0.4, -0.2) is 22.8 Å². The summed E-state index contributed by atoms with van der Waals surface area (Å²) in [4.78, 5) is 20.3. The molecule has 0 radical (unpaired) electrons. The molecule has 0 saturated heterocycles. The maximum atomic E-state index is 10.2. The lowest BCUT2D eigenvalue weighted by Gasteiger charge is -1.94. The van der Waals surface area contributed by atoms with Crippen molar-refractivity contribution in [2.45, 2.75) is 0 Å². The summed E-state index contributed by atoms with van der Waals surface area (Å²) >= 11 is 8.65. The number of phenols is 2. The van der Waals surface area contributed by atoms with Gasteiger partial charge in [-0.15, -0.1) is 0 Å². The summed E-state index contributed by atoms with van der Waals surface area (Å²) in [5.74, 6) is 0.227. The first-order chi connectivity index (χ1) is 10.1. The first kappa shape index (κ1) is 19.8. The quantitative estimate of drug-likeness (QED) is 0.599. The first-order valence-electron chi connectivity index (χ1n) is 5.39. The van der Waals surface area contributed by atoms with Crippen LogP contribution >= 0.6 is 44.2 Å². The summed E-state index contributed by atoms with van der Waals surface area (Å²) in [7, 11) is 0. The van der Waals surface area contributed by atoms with E-state index < -0.39 is 0 Å². The second-order valence-electron chi connectivity index (χ2n) is 3.54. The highest BCUT2D eigenvalue weighted by Gasteiger charge is 1.97. The topological polar surface area (TPSA) is 74.6 Å². The van der Waals surface area contributed by atoms with E-state index in [1.54, 1.807) is 18.2 Å². The van der Waals surface area contributed by atoms with E-state index in [0.717, 1.165) is 0 Å². The molecule has 0 aromatic heterocycles. The summed E-state index contributed by atoms with van der Waals surface area (Å²) < 4.78 is 0.695. The Bertz CT molecular complexity index is 588. The molecule has 0 amide bonds. The van der Waals surface area contributed by atoms with Crippen LogP contribution in [0.4, 0.5) is 0 Å². The van der Waals surface area contributed by atoms with E-state index in [4.69, 9.17) is 10.2 Å². The van der Waals surface area contributed by atoms with Crippen LogP contribution in [0.2, 0.25) is 0 Å². The fourth-order valence-corrected chi connectivity index (χ4v) is 1.56. The molecule has 0 aliphatic rings. The number of aldehydes is 2. The standard InChI is InChI=1S/C7H5BrO2.C7H6O2.Br2/c8-7-2-1-6(10)3-5(7)4-9;8-5-6-2-1-3-7(9)4-6;1-2/h1-4,10H;1-5,9H;. The summed E-state index contributed by atoms with van der Waals surface area (Å²) in [6, 6.07) is 10.7. The molecule has 0 saturated carbocycles. The average molecular weight is 483 g/mol. The third-order valence-electron chi connectivity index (χ3n) is 2.11. The number of rotatable bonds is 2. The number of halogens is 3. The van der Waals surface area contributed by atoms with Gasteiger partial charge in [0.05, 0.1) is 0 Å². The first-order valence-corrected chi connectivity index (χ1v) is 9.89. The van der Waals surface area contributed by atoms with Gasteiger partial charge in [-0.3, -0.25) is 9.59 Å². The van der Waals surface area contributed by atoms with Gasteiger partial charge in [-0.25, -0.2) is 0 Å². The minimum atomic E-state index is 0.102. The Balaban J connectivity index is 0.000000342. The average Bonchev–Trinajstić information content (AvgIpc) is 2.52. The third kappa shape index (κ3) is 7.99. The second-order valence-corrected chi connectivity index (χ2v) is 4.39. The number of phenolic OH excluding ortho intramolecular Hbond substituents is 2. The van der Waals surface area contributed by atoms with Crippen molar-refractivity contribution in [3.63, 3.8) is 0 Å². The van der Waals surface area contributed by atoms with Crippen molar-refractivity contribution in [1.82, 2.24) is 0 Å². The number of carbonyl (C=O) groups is 2. The van der Waals surface area contributed by atoms with Gasteiger partial charge in [0.15, 0.2) is 6.29 Å². The van der Waals surface area contributed by atoms with Gasteiger partial charge >= 0.3 is 0 Å². The SMILES string of the molecule is BrBr.O=Cc1cc(O)ccc1Br.O=Cc1cccc(O)c1. The number of hydrogen-bond donors (Lipinski definition) is 2. The molecule has 0 aliphatic carbocycles. The van der Waals surface area contributed by atoms with Crippen molar-refractivity contribution in [2.24, 2.45) is 0 Å². The molecule has 0 unspecified atom stereocenters. The summed E-state index contributed by atoms with van der Waals surface area (Å²) in [6.45, 7) is 0. The van der Waals surface area contributed by atoms with Crippen LogP contribution < -0.4 is 0 Å². The number of aromatic hydroxyl groups is 2. The fraction of sp³-hybridized carbons (Fsp3) is 0. The fourth-order valence-electron chi connectivity index (χ4n) is 1.22. The molecular formula is C14H11Br3O4. The van der Waals surface area contributed by atoms with Gasteiger partial charge < -0.3 is 10.2 Å². The molecule has 4 nitrogen and oxygen atoms in total. The summed E-state index contributed by atoms with van der Waals surface area (Å²) in [6.07, 6.45) is 1.38.